The highest BCUT2D eigenvalue weighted by molar-refractivity contribution is 7.98. The summed E-state index contributed by atoms with van der Waals surface area (Å²) in [4.78, 5) is -0.184. The summed E-state index contributed by atoms with van der Waals surface area (Å²) in [6.07, 6.45) is -0.423. The lowest BCUT2D eigenvalue weighted by molar-refractivity contribution is -0.684. The van der Waals surface area contributed by atoms with Crippen LogP contribution in [0, 0.1) is 5.92 Å². The molecule has 6 nitrogen and oxygen atoms in total. The molecule has 0 bridgehead atoms. The number of rotatable bonds is 11. The van der Waals surface area contributed by atoms with Crippen LogP contribution in [0.4, 0.5) is 0 Å². The monoisotopic (exact) mass is 502 g/mol. The Bertz CT molecular complexity index is 1190. The highest BCUT2D eigenvalue weighted by atomic mass is 32.3. The molecule has 182 valence electrons. The fourth-order valence-electron chi connectivity index (χ4n) is 4.11. The molecule has 0 amide bonds. The maximum atomic E-state index is 14.1. The Morgan fingerprint density at radius 1 is 0.676 bits per heavy atom. The van der Waals surface area contributed by atoms with Crippen molar-refractivity contribution in [2.45, 2.75) is 42.6 Å². The number of aliphatic hydroxyl groups is 1. The lowest BCUT2D eigenvalue weighted by Gasteiger charge is -2.37. The smallest absolute Gasteiger partial charge is 0.342 e. The predicted molar refractivity (Wildman–Crippen MR) is 133 cm³/mol. The average molecular weight is 503 g/mol. The van der Waals surface area contributed by atoms with Gasteiger partial charge in [0.25, 0.3) is 0 Å². The van der Waals surface area contributed by atoms with E-state index in [1.54, 1.807) is 50.2 Å². The molecule has 3 aromatic rings. The molecule has 1 atom stereocenters. The highest BCUT2D eigenvalue weighted by Gasteiger charge is 2.56. The minimum atomic E-state index is -4.45. The molecule has 3 aromatic carbocycles. The average Bonchev–Trinajstić information content (AvgIpc) is 2.83. The Hall–Kier alpha value is -2.52. The topological polar surface area (TPSA) is 88.5 Å². The van der Waals surface area contributed by atoms with Crippen molar-refractivity contribution in [2.24, 2.45) is 5.92 Å². The molecular weight excluding hydrogens is 470 g/mol. The van der Waals surface area contributed by atoms with Gasteiger partial charge in [-0.1, -0.05) is 80.6 Å². The number of quaternary nitrogens is 1. The Morgan fingerprint density at radius 3 is 1.50 bits per heavy atom. The highest BCUT2D eigenvalue weighted by Crippen LogP contribution is 2.35. The van der Waals surface area contributed by atoms with Gasteiger partial charge in [0.15, 0.2) is 0 Å². The van der Waals surface area contributed by atoms with Crippen LogP contribution in [0.3, 0.4) is 0 Å². The van der Waals surface area contributed by atoms with Gasteiger partial charge in [0.05, 0.1) is 0 Å². The first-order chi connectivity index (χ1) is 16.1. The first-order valence-electron chi connectivity index (χ1n) is 11.3. The summed E-state index contributed by atoms with van der Waals surface area (Å²) in [5, 5.41) is 11.0. The second-order valence-electron chi connectivity index (χ2n) is 8.83. The fraction of sp³-hybridized carbons (Fsp3) is 0.308. The SMILES string of the molecule is CC(C)C[N+](C[C@H](O)CCc1ccccc1)(S(=O)(=O)c1ccccc1)S(=O)(=O)c1ccccc1. The summed E-state index contributed by atoms with van der Waals surface area (Å²) < 4.78 is 55.1. The Labute approximate surface area is 203 Å². The quantitative estimate of drug-likeness (QED) is 0.397. The van der Waals surface area contributed by atoms with E-state index < -0.39 is 36.0 Å². The molecule has 0 radical (unpaired) electrons. The van der Waals surface area contributed by atoms with E-state index in [1.807, 2.05) is 30.3 Å². The summed E-state index contributed by atoms with van der Waals surface area (Å²) in [6, 6.07) is 24.7. The van der Waals surface area contributed by atoms with Crippen LogP contribution in [0.5, 0.6) is 0 Å². The summed E-state index contributed by atoms with van der Waals surface area (Å²) in [5.74, 6) is -0.279. The van der Waals surface area contributed by atoms with Crippen LogP contribution in [0.15, 0.2) is 101 Å². The first kappa shape index (κ1) is 26.1. The van der Waals surface area contributed by atoms with Gasteiger partial charge >= 0.3 is 20.0 Å². The number of hydrogen-bond donors (Lipinski definition) is 1. The molecule has 0 saturated heterocycles. The van der Waals surface area contributed by atoms with Crippen molar-refractivity contribution < 1.29 is 25.2 Å². The van der Waals surface area contributed by atoms with Crippen molar-refractivity contribution in [3.8, 4) is 0 Å². The largest absolute Gasteiger partial charge is 0.387 e. The van der Waals surface area contributed by atoms with Gasteiger partial charge in [-0.15, -0.1) is 3.29 Å². The molecule has 3 rings (SSSR count). The van der Waals surface area contributed by atoms with Crippen LogP contribution in [0.1, 0.15) is 25.8 Å². The van der Waals surface area contributed by atoms with Gasteiger partial charge in [-0.2, -0.15) is 16.8 Å². The van der Waals surface area contributed by atoms with E-state index in [4.69, 9.17) is 0 Å². The zero-order valence-corrected chi connectivity index (χ0v) is 21.1. The van der Waals surface area contributed by atoms with Crippen molar-refractivity contribution in [2.75, 3.05) is 13.1 Å². The minimum absolute atomic E-state index is 0.0922. The van der Waals surface area contributed by atoms with Crippen LogP contribution in [0.25, 0.3) is 0 Å². The van der Waals surface area contributed by atoms with Crippen molar-refractivity contribution in [1.29, 1.82) is 0 Å². The third-order valence-electron chi connectivity index (χ3n) is 5.70. The zero-order chi connectivity index (χ0) is 24.8. The van der Waals surface area contributed by atoms with Crippen molar-refractivity contribution in [1.82, 2.24) is 0 Å². The number of nitrogens with zero attached hydrogens (tertiary/aromatic N) is 1. The second-order valence-corrected chi connectivity index (χ2v) is 13.3. The van der Waals surface area contributed by atoms with Gasteiger partial charge in [-0.25, -0.2) is 0 Å². The third-order valence-corrected chi connectivity index (χ3v) is 11.0. The van der Waals surface area contributed by atoms with Gasteiger partial charge in [-0.3, -0.25) is 0 Å². The second kappa shape index (κ2) is 10.8. The molecule has 1 N–H and O–H groups in total. The van der Waals surface area contributed by atoms with Gasteiger partial charge in [0.1, 0.15) is 29.0 Å². The number of aliphatic hydroxyl groups excluding tert-OH is 1. The van der Waals surface area contributed by atoms with Gasteiger partial charge in [0.2, 0.25) is 0 Å². The van der Waals surface area contributed by atoms with Gasteiger partial charge < -0.3 is 5.11 Å². The lowest BCUT2D eigenvalue weighted by atomic mass is 10.1. The normalized spacial score (nSPS) is 13.6. The third kappa shape index (κ3) is 5.41. The molecule has 0 heterocycles. The molecule has 0 unspecified atom stereocenters. The summed E-state index contributed by atoms with van der Waals surface area (Å²) in [5.41, 5.74) is 0.986. The van der Waals surface area contributed by atoms with Crippen molar-refractivity contribution >= 4 is 20.0 Å². The van der Waals surface area contributed by atoms with Gasteiger partial charge in [-0.05, 0) is 42.7 Å². The van der Waals surface area contributed by atoms with Crippen LogP contribution in [-0.2, 0) is 26.5 Å². The molecule has 0 spiro atoms. The standard InChI is InChI=1S/C26H32NO5S2/c1-22(2)20-27(33(29,30)25-14-8-4-9-15-25,34(31,32)26-16-10-5-11-17-26)21-24(28)19-18-23-12-6-3-7-13-23/h3-17,22,24,28H,18-21H2,1-2H3/q+1/t24-/m1/s1. The van der Waals surface area contributed by atoms with Crippen LogP contribution in [-0.4, -0.2) is 44.4 Å². The summed E-state index contributed by atoms with van der Waals surface area (Å²) >= 11 is 0. The zero-order valence-electron chi connectivity index (χ0n) is 19.5. The number of sulfonamides is 2. The number of hydrogen-bond acceptors (Lipinski definition) is 5. The first-order valence-corrected chi connectivity index (χ1v) is 14.2. The molecule has 34 heavy (non-hydrogen) atoms. The Balaban J connectivity index is 2.13. The maximum absolute atomic E-state index is 14.1. The van der Waals surface area contributed by atoms with Gasteiger partial charge in [0, 0.05) is 5.92 Å². The summed E-state index contributed by atoms with van der Waals surface area (Å²) in [6.45, 7) is 2.89. The van der Waals surface area contributed by atoms with E-state index in [2.05, 4.69) is 0 Å². The van der Waals surface area contributed by atoms with E-state index >= 15 is 0 Å². The van der Waals surface area contributed by atoms with Crippen LogP contribution >= 0.6 is 0 Å². The van der Waals surface area contributed by atoms with Crippen molar-refractivity contribution in [3.63, 3.8) is 0 Å². The molecular formula is C26H32NO5S2+. The van der Waals surface area contributed by atoms with E-state index in [1.165, 1.54) is 24.3 Å². The van der Waals surface area contributed by atoms with Crippen LogP contribution in [0.2, 0.25) is 0 Å². The molecule has 0 aromatic heterocycles. The molecule has 0 aliphatic carbocycles. The minimum Gasteiger partial charge on any atom is -0.387 e. The Morgan fingerprint density at radius 2 is 1.09 bits per heavy atom. The van der Waals surface area contributed by atoms with E-state index in [0.717, 1.165) is 5.56 Å². The fourth-order valence-corrected chi connectivity index (χ4v) is 9.16. The maximum Gasteiger partial charge on any atom is 0.342 e. The number of aryl methyl sites for hydroxylation is 1. The van der Waals surface area contributed by atoms with E-state index in [9.17, 15) is 21.9 Å². The Kier molecular flexibility index (Phi) is 8.30. The van der Waals surface area contributed by atoms with Crippen molar-refractivity contribution in [3.05, 3.63) is 96.6 Å². The van der Waals surface area contributed by atoms with Crippen LogP contribution < -0.4 is 0 Å². The summed E-state index contributed by atoms with van der Waals surface area (Å²) in [7, 11) is -8.90. The number of benzene rings is 3. The predicted octanol–water partition coefficient (Wildman–Crippen LogP) is 4.23. The molecule has 0 fully saturated rings. The van der Waals surface area contributed by atoms with E-state index in [0.29, 0.717) is 6.42 Å². The lowest BCUT2D eigenvalue weighted by Crippen LogP contribution is -2.61. The molecule has 0 saturated carbocycles. The molecule has 0 aliphatic heterocycles. The molecule has 0 aliphatic rings. The molecule has 8 heteroatoms. The van der Waals surface area contributed by atoms with E-state index in [-0.39, 0.29) is 28.7 Å².